The first kappa shape index (κ1) is 36.1. The molecule has 2 aromatic carbocycles. The van der Waals surface area contributed by atoms with E-state index in [4.69, 9.17) is 15.6 Å². The minimum absolute atomic E-state index is 0. The maximum atomic E-state index is 13.4. The number of hydrogen-bond donors (Lipinski definition) is 3. The normalized spacial score (nSPS) is 19.5. The van der Waals surface area contributed by atoms with E-state index in [1.54, 1.807) is 18.2 Å². The van der Waals surface area contributed by atoms with Crippen LogP contribution in [0.1, 0.15) is 88.1 Å². The van der Waals surface area contributed by atoms with Crippen molar-refractivity contribution in [3.05, 3.63) is 71.8 Å². The van der Waals surface area contributed by atoms with Crippen LogP contribution in [-0.2, 0) is 11.3 Å². The van der Waals surface area contributed by atoms with E-state index in [1.165, 1.54) is 32.1 Å². The molecule has 5 rings (SSSR count). The Kier molecular flexibility index (Phi) is 13.3. The fourth-order valence-corrected chi connectivity index (χ4v) is 7.16. The van der Waals surface area contributed by atoms with Crippen molar-refractivity contribution in [1.82, 2.24) is 15.1 Å². The van der Waals surface area contributed by atoms with E-state index in [0.717, 1.165) is 43.3 Å². The summed E-state index contributed by atoms with van der Waals surface area (Å²) in [5.74, 6) is 1.28. The van der Waals surface area contributed by atoms with E-state index in [0.29, 0.717) is 58.3 Å². The lowest BCUT2D eigenvalue weighted by Crippen LogP contribution is -2.48. The summed E-state index contributed by atoms with van der Waals surface area (Å²) in [6.07, 6.45) is 10.8. The maximum absolute atomic E-state index is 13.4. The van der Waals surface area contributed by atoms with Crippen LogP contribution >= 0.6 is 35.7 Å². The number of piperidine rings is 1. The molecular weight excluding hydrogens is 709 g/mol. The Balaban J connectivity index is 0.00000300. The molecule has 2 saturated heterocycles. The zero-order valence-electron chi connectivity index (χ0n) is 27.1. The van der Waals surface area contributed by atoms with E-state index < -0.39 is 0 Å². The molecule has 2 heterocycles. The van der Waals surface area contributed by atoms with Crippen LogP contribution in [0, 0.1) is 22.7 Å². The molecule has 0 radical (unpaired) electrons. The van der Waals surface area contributed by atoms with Gasteiger partial charge in [0.15, 0.2) is 0 Å². The van der Waals surface area contributed by atoms with Gasteiger partial charge in [-0.1, -0.05) is 57.0 Å². The summed E-state index contributed by atoms with van der Waals surface area (Å²) in [5, 5.41) is 20.5. The van der Waals surface area contributed by atoms with Gasteiger partial charge in [0.25, 0.3) is 5.91 Å². The highest BCUT2D eigenvalue weighted by molar-refractivity contribution is 14.0. The number of thioether (sulfide) groups is 1. The number of nitrogens with zero attached hydrogens (tertiary/aromatic N) is 2. The van der Waals surface area contributed by atoms with Gasteiger partial charge < -0.3 is 19.9 Å². The van der Waals surface area contributed by atoms with Gasteiger partial charge in [0.2, 0.25) is 5.91 Å². The molecule has 3 fully saturated rings. The summed E-state index contributed by atoms with van der Waals surface area (Å²) in [4.78, 5) is 30.6. The highest BCUT2D eigenvalue weighted by Gasteiger charge is 2.29. The van der Waals surface area contributed by atoms with Crippen molar-refractivity contribution in [3.8, 4) is 11.5 Å². The number of rotatable bonds is 10. The third-order valence-corrected chi connectivity index (χ3v) is 10.4. The molecule has 8 nitrogen and oxygen atoms in total. The summed E-state index contributed by atoms with van der Waals surface area (Å²) in [6, 6.07) is 13.6. The minimum atomic E-state index is -0.111. The van der Waals surface area contributed by atoms with Crippen molar-refractivity contribution in [2.45, 2.75) is 83.8 Å². The van der Waals surface area contributed by atoms with Crippen molar-refractivity contribution in [1.29, 1.82) is 10.8 Å². The first-order valence-corrected chi connectivity index (χ1v) is 17.2. The Morgan fingerprint density at radius 2 is 1.74 bits per heavy atom. The van der Waals surface area contributed by atoms with Gasteiger partial charge in [-0.3, -0.25) is 20.4 Å². The SMILES string of the molecule is C=C[C@H]1CC(=O)N(Cc2ccc(C(=O)NC3CCN(C4CCCCC4)CC3)cc2Oc2ccc(C(=N)SC(=N)C(C)C)cc2)C1.I.[HH]. The zero-order valence-corrected chi connectivity index (χ0v) is 30.2. The van der Waals surface area contributed by atoms with Crippen molar-refractivity contribution < 1.29 is 15.8 Å². The Morgan fingerprint density at radius 1 is 1.07 bits per heavy atom. The molecule has 250 valence electrons. The predicted octanol–water partition coefficient (Wildman–Crippen LogP) is 8.10. The molecule has 2 aromatic rings. The Labute approximate surface area is 296 Å². The highest BCUT2D eigenvalue weighted by atomic mass is 127. The summed E-state index contributed by atoms with van der Waals surface area (Å²) in [5.41, 5.74) is 2.06. The summed E-state index contributed by atoms with van der Waals surface area (Å²) < 4.78 is 6.36. The van der Waals surface area contributed by atoms with Gasteiger partial charge in [0.1, 0.15) is 16.5 Å². The van der Waals surface area contributed by atoms with Gasteiger partial charge in [-0.2, -0.15) is 0 Å². The molecule has 10 heteroatoms. The van der Waals surface area contributed by atoms with Gasteiger partial charge in [-0.15, -0.1) is 30.6 Å². The third kappa shape index (κ3) is 9.44. The van der Waals surface area contributed by atoms with Crippen LogP contribution in [-0.4, -0.2) is 63.4 Å². The molecule has 3 N–H and O–H groups in total. The second-order valence-corrected chi connectivity index (χ2v) is 14.0. The smallest absolute Gasteiger partial charge is 0.251 e. The number of hydrogen-bond acceptors (Lipinski definition) is 7. The van der Waals surface area contributed by atoms with Crippen LogP contribution in [0.15, 0.2) is 55.1 Å². The van der Waals surface area contributed by atoms with Crippen molar-refractivity contribution in [2.75, 3.05) is 19.6 Å². The zero-order chi connectivity index (χ0) is 31.9. The van der Waals surface area contributed by atoms with E-state index >= 15 is 0 Å². The number of halogens is 1. The first-order chi connectivity index (χ1) is 21.7. The van der Waals surface area contributed by atoms with E-state index in [2.05, 4.69) is 16.8 Å². The molecule has 1 atom stereocenters. The standard InChI is InChI=1S/C36H47N5O3S.HI.H2/c1-4-25-20-33(42)41(22-25)23-28-11-10-27(36(43)39-29-16-18-40(19-17-29)30-8-6-5-7-9-30)21-32(28)44-31-14-12-26(13-15-31)35(38)45-34(37)24(2)3;;/h4,10-15,21,24-25,29-30,37-38H,1,5-9,16-20,22-23H2,2-3H3,(H,39,43);2*1H/t25-;;/m0../s1. The molecule has 1 aliphatic carbocycles. The molecule has 3 aliphatic rings. The van der Waals surface area contributed by atoms with Gasteiger partial charge in [0.05, 0.1) is 5.04 Å². The summed E-state index contributed by atoms with van der Waals surface area (Å²) in [6.45, 7) is 10.8. The molecule has 2 aliphatic heterocycles. The monoisotopic (exact) mass is 759 g/mol. The number of carbonyl (C=O) groups excluding carboxylic acids is 2. The lowest BCUT2D eigenvalue weighted by Gasteiger charge is -2.39. The molecular formula is C36H50IN5O3S. The predicted molar refractivity (Wildman–Crippen MR) is 200 cm³/mol. The molecule has 1 saturated carbocycles. The van der Waals surface area contributed by atoms with Crippen molar-refractivity contribution >= 4 is 57.6 Å². The average molecular weight is 760 g/mol. The quantitative estimate of drug-likeness (QED) is 0.0983. The molecule has 0 spiro atoms. The number of benzene rings is 2. The topological polar surface area (TPSA) is 110 Å². The van der Waals surface area contributed by atoms with Gasteiger partial charge in [0, 0.05) is 74.6 Å². The third-order valence-electron chi connectivity index (χ3n) is 9.30. The second kappa shape index (κ2) is 16.9. The minimum Gasteiger partial charge on any atom is -0.457 e. The van der Waals surface area contributed by atoms with E-state index in [-0.39, 0.29) is 55.1 Å². The number of likely N-dealkylation sites (tertiary alicyclic amines) is 2. The van der Waals surface area contributed by atoms with Crippen LogP contribution < -0.4 is 10.1 Å². The van der Waals surface area contributed by atoms with Crippen molar-refractivity contribution in [2.24, 2.45) is 11.8 Å². The van der Waals surface area contributed by atoms with Crippen molar-refractivity contribution in [3.63, 3.8) is 0 Å². The lowest BCUT2D eigenvalue weighted by molar-refractivity contribution is -0.128. The average Bonchev–Trinajstić information content (AvgIpc) is 3.41. The molecule has 0 aromatic heterocycles. The molecule has 0 bridgehead atoms. The largest absolute Gasteiger partial charge is 0.457 e. The van der Waals surface area contributed by atoms with Gasteiger partial charge in [-0.25, -0.2) is 0 Å². The molecule has 0 unspecified atom stereocenters. The second-order valence-electron chi connectivity index (χ2n) is 12.9. The molecule has 2 amide bonds. The summed E-state index contributed by atoms with van der Waals surface area (Å²) in [7, 11) is 0. The number of nitrogens with one attached hydrogen (secondary N) is 3. The van der Waals surface area contributed by atoms with Crippen LogP contribution in [0.25, 0.3) is 0 Å². The van der Waals surface area contributed by atoms with Crippen LogP contribution in [0.4, 0.5) is 0 Å². The van der Waals surface area contributed by atoms with Crippen LogP contribution in [0.5, 0.6) is 11.5 Å². The molecule has 46 heavy (non-hydrogen) atoms. The number of amides is 2. The number of carbonyl (C=O) groups is 2. The van der Waals surface area contributed by atoms with Crippen LogP contribution in [0.2, 0.25) is 0 Å². The van der Waals surface area contributed by atoms with Gasteiger partial charge >= 0.3 is 0 Å². The Morgan fingerprint density at radius 3 is 2.37 bits per heavy atom. The Hall–Kier alpha value is -2.70. The fraction of sp³-hybridized carbons (Fsp3) is 0.500. The van der Waals surface area contributed by atoms with Crippen LogP contribution in [0.3, 0.4) is 0 Å². The summed E-state index contributed by atoms with van der Waals surface area (Å²) >= 11 is 1.15. The van der Waals surface area contributed by atoms with E-state index in [1.807, 2.05) is 49.1 Å². The lowest BCUT2D eigenvalue weighted by atomic mass is 9.92. The van der Waals surface area contributed by atoms with E-state index in [9.17, 15) is 9.59 Å². The Bertz CT molecular complexity index is 1410. The first-order valence-electron chi connectivity index (χ1n) is 16.4. The highest BCUT2D eigenvalue weighted by Crippen LogP contribution is 2.31. The maximum Gasteiger partial charge on any atom is 0.251 e. The van der Waals surface area contributed by atoms with Gasteiger partial charge in [-0.05, 0) is 62.1 Å². The fourth-order valence-electron chi connectivity index (χ4n) is 6.45. The number of ether oxygens (including phenoxy) is 1.